The molecule has 2 rings (SSSR count). The van der Waals surface area contributed by atoms with E-state index >= 15 is 0 Å². The highest BCUT2D eigenvalue weighted by molar-refractivity contribution is 6.21. The molecule has 1 aromatic rings. The first-order chi connectivity index (χ1) is 8.19. The van der Waals surface area contributed by atoms with Crippen LogP contribution >= 0.6 is 11.6 Å². The minimum atomic E-state index is 0.185. The number of aromatic nitrogens is 2. The van der Waals surface area contributed by atoms with Crippen molar-refractivity contribution in [3.8, 4) is 5.88 Å². The van der Waals surface area contributed by atoms with Crippen molar-refractivity contribution in [3.05, 3.63) is 11.9 Å². The third-order valence-electron chi connectivity index (χ3n) is 3.04. The van der Waals surface area contributed by atoms with Crippen molar-refractivity contribution in [2.24, 2.45) is 0 Å². The van der Waals surface area contributed by atoms with Gasteiger partial charge in [-0.25, -0.2) is 4.98 Å². The van der Waals surface area contributed by atoms with Gasteiger partial charge < -0.3 is 10.1 Å². The Kier molecular flexibility index (Phi) is 4.05. The van der Waals surface area contributed by atoms with Gasteiger partial charge in [-0.15, -0.1) is 11.6 Å². The molecule has 1 N–H and O–H groups in total. The Morgan fingerprint density at radius 2 is 2.12 bits per heavy atom. The topological polar surface area (TPSA) is 47.0 Å². The van der Waals surface area contributed by atoms with E-state index < -0.39 is 0 Å². The van der Waals surface area contributed by atoms with E-state index in [9.17, 15) is 0 Å². The average Bonchev–Trinajstić information content (AvgIpc) is 2.31. The molecule has 0 bridgehead atoms. The van der Waals surface area contributed by atoms with Gasteiger partial charge in [0.1, 0.15) is 11.6 Å². The van der Waals surface area contributed by atoms with Crippen LogP contribution in [-0.2, 0) is 0 Å². The Labute approximate surface area is 107 Å². The number of ether oxygens (including phenoxy) is 1. The van der Waals surface area contributed by atoms with Crippen LogP contribution < -0.4 is 10.1 Å². The second-order valence-corrected chi connectivity index (χ2v) is 4.95. The quantitative estimate of drug-likeness (QED) is 0.844. The van der Waals surface area contributed by atoms with Crippen LogP contribution in [0.25, 0.3) is 0 Å². The standard InChI is InChI=1S/C12H18ClN3O/c1-8-14-11(7-12(15-8)17-2)16-10-6-4-3-5-9(10)13/h7,9-10H,3-6H2,1-2H3,(H,14,15,16). The van der Waals surface area contributed by atoms with Gasteiger partial charge in [-0.1, -0.05) is 12.8 Å². The van der Waals surface area contributed by atoms with E-state index in [1.54, 1.807) is 7.11 Å². The lowest BCUT2D eigenvalue weighted by atomic mass is 9.95. The predicted octanol–water partition coefficient (Wildman–Crippen LogP) is 2.76. The highest BCUT2D eigenvalue weighted by atomic mass is 35.5. The fraction of sp³-hybridized carbons (Fsp3) is 0.667. The van der Waals surface area contributed by atoms with E-state index in [0.29, 0.717) is 17.7 Å². The van der Waals surface area contributed by atoms with E-state index in [4.69, 9.17) is 16.3 Å². The van der Waals surface area contributed by atoms with Crippen LogP contribution in [0, 0.1) is 6.92 Å². The van der Waals surface area contributed by atoms with Crippen LogP contribution in [0.2, 0.25) is 0 Å². The minimum absolute atomic E-state index is 0.185. The Morgan fingerprint density at radius 3 is 2.82 bits per heavy atom. The molecule has 2 unspecified atom stereocenters. The van der Waals surface area contributed by atoms with Crippen LogP contribution in [-0.4, -0.2) is 28.5 Å². The van der Waals surface area contributed by atoms with Gasteiger partial charge in [0.05, 0.1) is 12.5 Å². The van der Waals surface area contributed by atoms with Crippen molar-refractivity contribution < 1.29 is 4.74 Å². The van der Waals surface area contributed by atoms with Gasteiger partial charge in [-0.3, -0.25) is 0 Å². The van der Waals surface area contributed by atoms with Gasteiger partial charge in [0.15, 0.2) is 0 Å². The molecule has 0 radical (unpaired) electrons. The molecule has 0 saturated heterocycles. The van der Waals surface area contributed by atoms with Crippen molar-refractivity contribution in [3.63, 3.8) is 0 Å². The van der Waals surface area contributed by atoms with E-state index in [0.717, 1.165) is 18.7 Å². The molecule has 0 amide bonds. The van der Waals surface area contributed by atoms with E-state index in [1.165, 1.54) is 12.8 Å². The van der Waals surface area contributed by atoms with Crippen molar-refractivity contribution in [2.45, 2.75) is 44.0 Å². The zero-order valence-electron chi connectivity index (χ0n) is 10.2. The smallest absolute Gasteiger partial charge is 0.218 e. The van der Waals surface area contributed by atoms with Crippen LogP contribution in [0.4, 0.5) is 5.82 Å². The largest absolute Gasteiger partial charge is 0.481 e. The summed E-state index contributed by atoms with van der Waals surface area (Å²) in [5, 5.41) is 3.57. The zero-order valence-corrected chi connectivity index (χ0v) is 11.0. The summed E-state index contributed by atoms with van der Waals surface area (Å²) in [4.78, 5) is 8.51. The molecule has 17 heavy (non-hydrogen) atoms. The predicted molar refractivity (Wildman–Crippen MR) is 68.8 cm³/mol. The third-order valence-corrected chi connectivity index (χ3v) is 3.56. The molecule has 1 aliphatic carbocycles. The number of aryl methyl sites for hydroxylation is 1. The molecular weight excluding hydrogens is 238 g/mol. The van der Waals surface area contributed by atoms with Crippen molar-refractivity contribution in [2.75, 3.05) is 12.4 Å². The lowest BCUT2D eigenvalue weighted by Gasteiger charge is -2.28. The Morgan fingerprint density at radius 1 is 1.35 bits per heavy atom. The SMILES string of the molecule is COc1cc(NC2CCCCC2Cl)nc(C)n1. The zero-order chi connectivity index (χ0) is 12.3. The van der Waals surface area contributed by atoms with Crippen LogP contribution in [0.3, 0.4) is 0 Å². The van der Waals surface area contributed by atoms with Crippen LogP contribution in [0.15, 0.2) is 6.07 Å². The summed E-state index contributed by atoms with van der Waals surface area (Å²) < 4.78 is 5.13. The summed E-state index contributed by atoms with van der Waals surface area (Å²) in [7, 11) is 1.61. The summed E-state index contributed by atoms with van der Waals surface area (Å²) in [5.41, 5.74) is 0. The monoisotopic (exact) mass is 255 g/mol. The van der Waals surface area contributed by atoms with Gasteiger partial charge in [-0.2, -0.15) is 4.98 Å². The first kappa shape index (κ1) is 12.4. The summed E-state index contributed by atoms with van der Waals surface area (Å²) in [5.74, 6) is 2.09. The Hall–Kier alpha value is -1.03. The third kappa shape index (κ3) is 3.22. The molecule has 4 nitrogen and oxygen atoms in total. The van der Waals surface area contributed by atoms with Gasteiger partial charge in [0, 0.05) is 12.1 Å². The second kappa shape index (κ2) is 5.54. The van der Waals surface area contributed by atoms with Gasteiger partial charge >= 0.3 is 0 Å². The number of methoxy groups -OCH3 is 1. The average molecular weight is 256 g/mol. The van der Waals surface area contributed by atoms with Crippen molar-refractivity contribution >= 4 is 17.4 Å². The fourth-order valence-corrected chi connectivity index (χ4v) is 2.50. The van der Waals surface area contributed by atoms with E-state index in [1.807, 2.05) is 13.0 Å². The molecule has 1 fully saturated rings. The number of hydrogen-bond acceptors (Lipinski definition) is 4. The summed E-state index contributed by atoms with van der Waals surface area (Å²) >= 11 is 6.31. The van der Waals surface area contributed by atoms with Gasteiger partial charge in [0.25, 0.3) is 0 Å². The molecule has 0 aromatic carbocycles. The van der Waals surface area contributed by atoms with Crippen LogP contribution in [0.5, 0.6) is 5.88 Å². The van der Waals surface area contributed by atoms with E-state index in [2.05, 4.69) is 15.3 Å². The molecule has 5 heteroatoms. The second-order valence-electron chi connectivity index (χ2n) is 4.39. The van der Waals surface area contributed by atoms with Gasteiger partial charge in [0.2, 0.25) is 5.88 Å². The molecule has 1 heterocycles. The summed E-state index contributed by atoms with van der Waals surface area (Å²) in [6.07, 6.45) is 4.61. The maximum absolute atomic E-state index is 6.31. The molecule has 0 spiro atoms. The number of nitrogens with one attached hydrogen (secondary N) is 1. The van der Waals surface area contributed by atoms with Crippen LogP contribution in [0.1, 0.15) is 31.5 Å². The molecule has 1 saturated carbocycles. The number of alkyl halides is 1. The van der Waals surface area contributed by atoms with Crippen molar-refractivity contribution in [1.82, 2.24) is 9.97 Å². The lowest BCUT2D eigenvalue weighted by Crippen LogP contribution is -2.33. The number of hydrogen-bond donors (Lipinski definition) is 1. The van der Waals surface area contributed by atoms with Crippen molar-refractivity contribution in [1.29, 1.82) is 0 Å². The summed E-state index contributed by atoms with van der Waals surface area (Å²) in [6, 6.07) is 2.11. The normalized spacial score (nSPS) is 24.4. The first-order valence-corrected chi connectivity index (χ1v) is 6.43. The van der Waals surface area contributed by atoms with E-state index in [-0.39, 0.29) is 5.38 Å². The fourth-order valence-electron chi connectivity index (χ4n) is 2.16. The lowest BCUT2D eigenvalue weighted by molar-refractivity contribution is 0.395. The number of anilines is 1. The number of rotatable bonds is 3. The molecule has 2 atom stereocenters. The first-order valence-electron chi connectivity index (χ1n) is 5.99. The summed E-state index contributed by atoms with van der Waals surface area (Å²) in [6.45, 7) is 1.85. The highest BCUT2D eigenvalue weighted by Crippen LogP contribution is 2.26. The Bertz CT molecular complexity index is 386. The molecule has 1 aromatic heterocycles. The molecule has 94 valence electrons. The molecule has 0 aliphatic heterocycles. The molecular formula is C12H18ClN3O. The maximum Gasteiger partial charge on any atom is 0.218 e. The maximum atomic E-state index is 6.31. The minimum Gasteiger partial charge on any atom is -0.481 e. The molecule has 1 aliphatic rings. The highest BCUT2D eigenvalue weighted by Gasteiger charge is 2.23. The van der Waals surface area contributed by atoms with Gasteiger partial charge in [-0.05, 0) is 19.8 Å². The Balaban J connectivity index is 2.09. The number of halogens is 1. The number of nitrogens with zero attached hydrogens (tertiary/aromatic N) is 2.